The van der Waals surface area contributed by atoms with Crippen LogP contribution in [-0.4, -0.2) is 13.0 Å². The van der Waals surface area contributed by atoms with Crippen LogP contribution in [0.3, 0.4) is 0 Å². The maximum atomic E-state index is 12.7. The van der Waals surface area contributed by atoms with Crippen molar-refractivity contribution in [2.24, 2.45) is 0 Å². The van der Waals surface area contributed by atoms with Gasteiger partial charge in [-0.2, -0.15) is 0 Å². The zero-order chi connectivity index (χ0) is 16.6. The lowest BCUT2D eigenvalue weighted by atomic mass is 9.96. The molecule has 3 aromatic carbocycles. The molecule has 0 unspecified atom stereocenters. The highest BCUT2D eigenvalue weighted by Crippen LogP contribution is 2.48. The molecule has 0 bridgehead atoms. The Morgan fingerprint density at radius 2 is 1.75 bits per heavy atom. The summed E-state index contributed by atoms with van der Waals surface area (Å²) in [7, 11) is 1.61. The second-order valence-corrected chi connectivity index (χ2v) is 6.29. The van der Waals surface area contributed by atoms with Crippen LogP contribution in [0.1, 0.15) is 28.8 Å². The van der Waals surface area contributed by atoms with Gasteiger partial charge in [0.05, 0.1) is 12.6 Å². The first kappa shape index (κ1) is 14.8. The molecule has 0 aliphatic heterocycles. The Bertz CT molecular complexity index is 907. The van der Waals surface area contributed by atoms with E-state index in [4.69, 9.17) is 4.74 Å². The number of ether oxygens (including phenoxy) is 1. The van der Waals surface area contributed by atoms with E-state index in [2.05, 4.69) is 35.6 Å². The van der Waals surface area contributed by atoms with Crippen LogP contribution in [0.15, 0.2) is 66.7 Å². The number of methoxy groups -OCH3 is 1. The number of hydrogen-bond donors (Lipinski definition) is 1. The summed E-state index contributed by atoms with van der Waals surface area (Å²) in [5.74, 6) is 0.636. The third kappa shape index (κ3) is 2.52. The lowest BCUT2D eigenvalue weighted by Gasteiger charge is -2.20. The van der Waals surface area contributed by atoms with Gasteiger partial charge in [0.1, 0.15) is 5.75 Å². The SMILES string of the molecule is COc1cccc(C(=O)NC2(c3cccc4ccccc34)CC2)c1. The van der Waals surface area contributed by atoms with Gasteiger partial charge < -0.3 is 10.1 Å². The highest BCUT2D eigenvalue weighted by Gasteiger charge is 2.46. The summed E-state index contributed by atoms with van der Waals surface area (Å²) in [6.07, 6.45) is 1.94. The first-order valence-electron chi connectivity index (χ1n) is 8.17. The molecule has 0 heterocycles. The summed E-state index contributed by atoms with van der Waals surface area (Å²) in [4.78, 5) is 12.7. The predicted octanol–water partition coefficient (Wildman–Crippen LogP) is 4.27. The van der Waals surface area contributed by atoms with Crippen molar-refractivity contribution in [2.75, 3.05) is 7.11 Å². The van der Waals surface area contributed by atoms with E-state index in [0.29, 0.717) is 11.3 Å². The average Bonchev–Trinajstić information content (AvgIpc) is 3.41. The van der Waals surface area contributed by atoms with E-state index in [1.165, 1.54) is 16.3 Å². The zero-order valence-electron chi connectivity index (χ0n) is 13.6. The third-order valence-corrected chi connectivity index (χ3v) is 4.74. The van der Waals surface area contributed by atoms with E-state index in [9.17, 15) is 4.79 Å². The monoisotopic (exact) mass is 317 g/mol. The number of carbonyl (C=O) groups is 1. The van der Waals surface area contributed by atoms with Crippen LogP contribution >= 0.6 is 0 Å². The maximum absolute atomic E-state index is 12.7. The second kappa shape index (κ2) is 5.68. The molecule has 4 rings (SSSR count). The van der Waals surface area contributed by atoms with Gasteiger partial charge in [0, 0.05) is 5.56 Å². The van der Waals surface area contributed by atoms with Crippen LogP contribution in [0.5, 0.6) is 5.75 Å². The third-order valence-electron chi connectivity index (χ3n) is 4.74. The largest absolute Gasteiger partial charge is 0.497 e. The lowest BCUT2D eigenvalue weighted by molar-refractivity contribution is 0.0931. The fourth-order valence-corrected chi connectivity index (χ4v) is 3.28. The molecule has 3 nitrogen and oxygen atoms in total. The Hall–Kier alpha value is -2.81. The molecule has 1 saturated carbocycles. The molecular formula is C21H19NO2. The molecular weight excluding hydrogens is 298 g/mol. The highest BCUT2D eigenvalue weighted by atomic mass is 16.5. The van der Waals surface area contributed by atoms with Crippen molar-refractivity contribution in [1.82, 2.24) is 5.32 Å². The van der Waals surface area contributed by atoms with Crippen LogP contribution in [0.25, 0.3) is 10.8 Å². The molecule has 1 aliphatic carbocycles. The number of carbonyl (C=O) groups excluding carboxylic acids is 1. The van der Waals surface area contributed by atoms with Gasteiger partial charge in [0.25, 0.3) is 5.91 Å². The van der Waals surface area contributed by atoms with Crippen molar-refractivity contribution < 1.29 is 9.53 Å². The number of amides is 1. The van der Waals surface area contributed by atoms with Gasteiger partial charge in [-0.3, -0.25) is 4.79 Å². The van der Waals surface area contributed by atoms with Gasteiger partial charge in [0.2, 0.25) is 0 Å². The molecule has 120 valence electrons. The molecule has 0 saturated heterocycles. The standard InChI is InChI=1S/C21H19NO2/c1-24-17-9-4-8-16(14-17)20(23)22-21(12-13-21)19-11-5-7-15-6-2-3-10-18(15)19/h2-11,14H,12-13H2,1H3,(H,22,23). The minimum Gasteiger partial charge on any atom is -0.497 e. The summed E-state index contributed by atoms with van der Waals surface area (Å²) >= 11 is 0. The Morgan fingerprint density at radius 3 is 2.54 bits per heavy atom. The number of rotatable bonds is 4. The van der Waals surface area contributed by atoms with Crippen LogP contribution < -0.4 is 10.1 Å². The van der Waals surface area contributed by atoms with Gasteiger partial charge in [-0.05, 0) is 47.4 Å². The molecule has 1 N–H and O–H groups in total. The van der Waals surface area contributed by atoms with Gasteiger partial charge >= 0.3 is 0 Å². The van der Waals surface area contributed by atoms with Crippen molar-refractivity contribution >= 4 is 16.7 Å². The molecule has 1 amide bonds. The van der Waals surface area contributed by atoms with Crippen molar-refractivity contribution in [3.63, 3.8) is 0 Å². The van der Waals surface area contributed by atoms with Gasteiger partial charge in [-0.1, -0.05) is 48.5 Å². The van der Waals surface area contributed by atoms with E-state index in [1.54, 1.807) is 13.2 Å². The Kier molecular flexibility index (Phi) is 3.49. The number of nitrogens with one attached hydrogen (secondary N) is 1. The van der Waals surface area contributed by atoms with Crippen LogP contribution in [0.4, 0.5) is 0 Å². The first-order chi connectivity index (χ1) is 11.7. The normalized spacial score (nSPS) is 15.0. The zero-order valence-corrected chi connectivity index (χ0v) is 13.6. The van der Waals surface area contributed by atoms with Crippen molar-refractivity contribution in [1.29, 1.82) is 0 Å². The highest BCUT2D eigenvalue weighted by molar-refractivity contribution is 5.96. The lowest BCUT2D eigenvalue weighted by Crippen LogP contribution is -2.35. The van der Waals surface area contributed by atoms with Crippen LogP contribution in [0.2, 0.25) is 0 Å². The summed E-state index contributed by atoms with van der Waals surface area (Å²) in [5.41, 5.74) is 1.58. The van der Waals surface area contributed by atoms with E-state index in [-0.39, 0.29) is 11.4 Å². The van der Waals surface area contributed by atoms with E-state index in [0.717, 1.165) is 12.8 Å². The van der Waals surface area contributed by atoms with Crippen molar-refractivity contribution in [3.8, 4) is 5.75 Å². The molecule has 3 aromatic rings. The summed E-state index contributed by atoms with van der Waals surface area (Å²) in [6.45, 7) is 0. The second-order valence-electron chi connectivity index (χ2n) is 6.29. The predicted molar refractivity (Wildman–Crippen MR) is 95.3 cm³/mol. The number of fused-ring (bicyclic) bond motifs is 1. The molecule has 0 spiro atoms. The van der Waals surface area contributed by atoms with Crippen molar-refractivity contribution in [3.05, 3.63) is 77.9 Å². The van der Waals surface area contributed by atoms with E-state index < -0.39 is 0 Å². The van der Waals surface area contributed by atoms with Gasteiger partial charge in [-0.15, -0.1) is 0 Å². The molecule has 1 aliphatic rings. The Labute approximate surface area is 141 Å². The van der Waals surface area contributed by atoms with Gasteiger partial charge in [-0.25, -0.2) is 0 Å². The maximum Gasteiger partial charge on any atom is 0.252 e. The average molecular weight is 317 g/mol. The molecule has 3 heteroatoms. The minimum absolute atomic E-state index is 0.0562. The number of benzene rings is 3. The first-order valence-corrected chi connectivity index (χ1v) is 8.17. The molecule has 0 aromatic heterocycles. The summed E-state index contributed by atoms with van der Waals surface area (Å²) in [5, 5.41) is 5.67. The molecule has 0 radical (unpaired) electrons. The van der Waals surface area contributed by atoms with Crippen LogP contribution in [0, 0.1) is 0 Å². The van der Waals surface area contributed by atoms with Gasteiger partial charge in [0.15, 0.2) is 0 Å². The smallest absolute Gasteiger partial charge is 0.252 e. The Morgan fingerprint density at radius 1 is 1.00 bits per heavy atom. The fourth-order valence-electron chi connectivity index (χ4n) is 3.28. The quantitative estimate of drug-likeness (QED) is 0.780. The van der Waals surface area contributed by atoms with Crippen LogP contribution in [-0.2, 0) is 5.54 Å². The molecule has 1 fully saturated rings. The molecule has 24 heavy (non-hydrogen) atoms. The van der Waals surface area contributed by atoms with E-state index >= 15 is 0 Å². The minimum atomic E-state index is -0.249. The topological polar surface area (TPSA) is 38.3 Å². The Balaban J connectivity index is 1.67. The van der Waals surface area contributed by atoms with E-state index in [1.807, 2.05) is 30.3 Å². The fraction of sp³-hybridized carbons (Fsp3) is 0.190. The summed E-state index contributed by atoms with van der Waals surface area (Å²) < 4.78 is 5.21. The number of hydrogen-bond acceptors (Lipinski definition) is 2. The summed E-state index contributed by atoms with van der Waals surface area (Å²) in [6, 6.07) is 21.9. The molecule has 0 atom stereocenters. The van der Waals surface area contributed by atoms with Crippen molar-refractivity contribution in [2.45, 2.75) is 18.4 Å².